The van der Waals surface area contributed by atoms with E-state index < -0.39 is 16.2 Å². The van der Waals surface area contributed by atoms with E-state index in [1.54, 1.807) is 0 Å². The molecule has 116 valence electrons. The zero-order chi connectivity index (χ0) is 14.8. The van der Waals surface area contributed by atoms with Crippen molar-refractivity contribution in [3.8, 4) is 0 Å². The average Bonchev–Trinajstić information content (AvgIpc) is 2.27. The largest absolute Gasteiger partial charge is 0.503 e. The second-order valence-electron chi connectivity index (χ2n) is 5.63. The second kappa shape index (κ2) is 10.1. The molecular weight excluding hydrogens is 282 g/mol. The van der Waals surface area contributed by atoms with E-state index in [4.69, 9.17) is 8.74 Å². The van der Waals surface area contributed by atoms with E-state index in [0.717, 1.165) is 51.0 Å². The minimum absolute atomic E-state index is 0.188. The van der Waals surface area contributed by atoms with Gasteiger partial charge in [0.1, 0.15) is 0 Å². The number of hydrogen-bond acceptors (Lipinski definition) is 3. The molecule has 0 aliphatic carbocycles. The van der Waals surface area contributed by atoms with Crippen LogP contribution in [-0.2, 0) is 13.3 Å². The standard InChI is InChI=1S/C13H30FO3PSi/c1-5-7-9-10-12-16-18(14,15)17-19(3,4)13-11-8-6-2/h5-13H2,1-4H3. The highest BCUT2D eigenvalue weighted by Crippen LogP contribution is 2.53. The van der Waals surface area contributed by atoms with Crippen molar-refractivity contribution in [2.24, 2.45) is 0 Å². The SMILES string of the molecule is CCCCCCOP(=O)(F)O[Si](C)(C)CCCCC. The molecular formula is C13H30FO3PSi. The van der Waals surface area contributed by atoms with Crippen LogP contribution < -0.4 is 0 Å². The Morgan fingerprint density at radius 1 is 1.00 bits per heavy atom. The van der Waals surface area contributed by atoms with Gasteiger partial charge in [0.15, 0.2) is 0 Å². The lowest BCUT2D eigenvalue weighted by molar-refractivity contribution is 0.225. The summed E-state index contributed by atoms with van der Waals surface area (Å²) < 4.78 is 35.4. The molecule has 0 amide bonds. The van der Waals surface area contributed by atoms with Crippen LogP contribution in [0.1, 0.15) is 58.8 Å². The van der Waals surface area contributed by atoms with Crippen LogP contribution in [0.4, 0.5) is 4.20 Å². The van der Waals surface area contributed by atoms with Gasteiger partial charge < -0.3 is 4.21 Å². The highest BCUT2D eigenvalue weighted by molar-refractivity contribution is 7.49. The van der Waals surface area contributed by atoms with Crippen molar-refractivity contribution in [2.75, 3.05) is 6.61 Å². The molecule has 19 heavy (non-hydrogen) atoms. The highest BCUT2D eigenvalue weighted by atomic mass is 31.2. The fourth-order valence-electron chi connectivity index (χ4n) is 1.87. The van der Waals surface area contributed by atoms with Crippen molar-refractivity contribution in [1.29, 1.82) is 0 Å². The molecule has 1 atom stereocenters. The first-order valence-electron chi connectivity index (χ1n) is 7.48. The van der Waals surface area contributed by atoms with Gasteiger partial charge in [0.2, 0.25) is 8.32 Å². The Morgan fingerprint density at radius 3 is 2.16 bits per heavy atom. The van der Waals surface area contributed by atoms with Crippen LogP contribution >= 0.6 is 7.91 Å². The van der Waals surface area contributed by atoms with Gasteiger partial charge in [0, 0.05) is 0 Å². The third kappa shape index (κ3) is 11.8. The number of rotatable bonds is 12. The molecule has 0 fully saturated rings. The maximum absolute atomic E-state index is 13.8. The summed E-state index contributed by atoms with van der Waals surface area (Å²) in [6, 6.07) is 0.827. The molecule has 0 bridgehead atoms. The van der Waals surface area contributed by atoms with Gasteiger partial charge in [-0.2, -0.15) is 0 Å². The van der Waals surface area contributed by atoms with Crippen LogP contribution in [0.3, 0.4) is 0 Å². The minimum atomic E-state index is -4.35. The Labute approximate surface area is 119 Å². The van der Waals surface area contributed by atoms with Crippen molar-refractivity contribution in [2.45, 2.75) is 77.9 Å². The maximum atomic E-state index is 13.8. The van der Waals surface area contributed by atoms with Crippen LogP contribution in [0.25, 0.3) is 0 Å². The normalized spacial score (nSPS) is 15.4. The van der Waals surface area contributed by atoms with E-state index in [1.165, 1.54) is 0 Å². The molecule has 3 nitrogen and oxygen atoms in total. The third-order valence-electron chi connectivity index (χ3n) is 2.98. The lowest BCUT2D eigenvalue weighted by Crippen LogP contribution is -2.28. The van der Waals surface area contributed by atoms with Gasteiger partial charge in [0.05, 0.1) is 6.61 Å². The number of halogens is 1. The van der Waals surface area contributed by atoms with E-state index in [-0.39, 0.29) is 6.61 Å². The van der Waals surface area contributed by atoms with E-state index in [0.29, 0.717) is 0 Å². The summed E-state index contributed by atoms with van der Waals surface area (Å²) in [6.07, 6.45) is 7.15. The lowest BCUT2D eigenvalue weighted by atomic mass is 10.2. The van der Waals surface area contributed by atoms with E-state index >= 15 is 0 Å². The van der Waals surface area contributed by atoms with Gasteiger partial charge in [0.25, 0.3) is 0 Å². The van der Waals surface area contributed by atoms with Gasteiger partial charge in [-0.1, -0.05) is 52.4 Å². The number of unbranched alkanes of at least 4 members (excludes halogenated alkanes) is 5. The summed E-state index contributed by atoms with van der Waals surface area (Å²) in [5.74, 6) is 0. The molecule has 1 unspecified atom stereocenters. The molecule has 0 rings (SSSR count). The monoisotopic (exact) mass is 312 g/mol. The highest BCUT2D eigenvalue weighted by Gasteiger charge is 2.35. The first-order valence-corrected chi connectivity index (χ1v) is 12.0. The van der Waals surface area contributed by atoms with Crippen LogP contribution in [0.2, 0.25) is 19.1 Å². The Balaban J connectivity index is 3.94. The molecule has 0 aromatic carbocycles. The smallest absolute Gasteiger partial charge is 0.326 e. The molecule has 0 aliphatic rings. The topological polar surface area (TPSA) is 35.5 Å². The Morgan fingerprint density at radius 2 is 1.58 bits per heavy atom. The summed E-state index contributed by atoms with van der Waals surface area (Å²) in [4.78, 5) is 0. The quantitative estimate of drug-likeness (QED) is 0.249. The predicted molar refractivity (Wildman–Crippen MR) is 81.7 cm³/mol. The molecule has 0 saturated heterocycles. The van der Waals surface area contributed by atoms with Crippen molar-refractivity contribution in [3.63, 3.8) is 0 Å². The molecule has 0 saturated carbocycles. The first-order chi connectivity index (χ1) is 8.83. The molecule has 0 aromatic rings. The molecule has 0 heterocycles. The summed E-state index contributed by atoms with van der Waals surface area (Å²) in [5.41, 5.74) is 0. The van der Waals surface area contributed by atoms with Gasteiger partial charge in [-0.3, -0.25) is 4.52 Å². The maximum Gasteiger partial charge on any atom is 0.503 e. The summed E-state index contributed by atoms with van der Waals surface area (Å²) in [6.45, 7) is 8.21. The minimum Gasteiger partial charge on any atom is -0.326 e. The van der Waals surface area contributed by atoms with Crippen LogP contribution in [0.5, 0.6) is 0 Å². The molecule has 0 aliphatic heterocycles. The zero-order valence-electron chi connectivity index (χ0n) is 12.9. The van der Waals surface area contributed by atoms with Crippen LogP contribution in [0.15, 0.2) is 0 Å². The fraction of sp³-hybridized carbons (Fsp3) is 1.00. The average molecular weight is 312 g/mol. The van der Waals surface area contributed by atoms with Gasteiger partial charge in [-0.05, 0) is 25.6 Å². The molecule has 6 heteroatoms. The van der Waals surface area contributed by atoms with Crippen LogP contribution in [-0.4, -0.2) is 14.9 Å². The van der Waals surface area contributed by atoms with Crippen molar-refractivity contribution < 1.29 is 17.5 Å². The van der Waals surface area contributed by atoms with E-state index in [1.807, 2.05) is 13.1 Å². The number of hydrogen-bond donors (Lipinski definition) is 0. The summed E-state index contributed by atoms with van der Waals surface area (Å²) in [7, 11) is -6.56. The molecule has 0 aromatic heterocycles. The van der Waals surface area contributed by atoms with E-state index in [2.05, 4.69) is 13.8 Å². The van der Waals surface area contributed by atoms with Gasteiger partial charge in [-0.15, -0.1) is 4.20 Å². The zero-order valence-corrected chi connectivity index (χ0v) is 14.8. The van der Waals surface area contributed by atoms with Crippen LogP contribution in [0, 0.1) is 0 Å². The third-order valence-corrected chi connectivity index (χ3v) is 7.88. The second-order valence-corrected chi connectivity index (χ2v) is 11.5. The Bertz CT molecular complexity index is 275. The van der Waals surface area contributed by atoms with Gasteiger partial charge in [-0.25, -0.2) is 4.57 Å². The lowest BCUT2D eigenvalue weighted by Gasteiger charge is -2.24. The predicted octanol–water partition coefficient (Wildman–Crippen LogP) is 6.07. The fourth-order valence-corrected chi connectivity index (χ4v) is 6.26. The first kappa shape index (κ1) is 19.3. The molecule has 0 N–H and O–H groups in total. The van der Waals surface area contributed by atoms with Crippen molar-refractivity contribution >= 4 is 16.2 Å². The molecule has 0 radical (unpaired) electrons. The molecule has 0 spiro atoms. The summed E-state index contributed by atoms with van der Waals surface area (Å²) >= 11 is 0. The summed E-state index contributed by atoms with van der Waals surface area (Å²) in [5, 5.41) is 0. The Hall–Kier alpha value is 0.297. The van der Waals surface area contributed by atoms with E-state index in [9.17, 15) is 8.76 Å². The van der Waals surface area contributed by atoms with Gasteiger partial charge >= 0.3 is 7.91 Å². The van der Waals surface area contributed by atoms with Crippen molar-refractivity contribution in [3.05, 3.63) is 0 Å². The Kier molecular flexibility index (Phi) is 10.2. The van der Waals surface area contributed by atoms with Crippen molar-refractivity contribution in [1.82, 2.24) is 0 Å².